The number of carbonyl (C=O) groups is 1. The van der Waals surface area contributed by atoms with Crippen molar-refractivity contribution >= 4 is 5.78 Å². The van der Waals surface area contributed by atoms with Gasteiger partial charge in [-0.15, -0.1) is 0 Å². The van der Waals surface area contributed by atoms with E-state index >= 15 is 0 Å². The average Bonchev–Trinajstić information content (AvgIpc) is 2.73. The molecule has 9 nitrogen and oxygen atoms in total. The molecule has 9 heteroatoms. The van der Waals surface area contributed by atoms with Crippen LogP contribution in [0.15, 0.2) is 42.5 Å². The number of phenolic OH excluding ortho intramolecular Hbond substituents is 1. The van der Waals surface area contributed by atoms with E-state index in [4.69, 9.17) is 14.2 Å². The number of aromatic hydroxyl groups is 1. The van der Waals surface area contributed by atoms with Crippen molar-refractivity contribution < 1.29 is 44.5 Å². The van der Waals surface area contributed by atoms with E-state index in [1.54, 1.807) is 30.3 Å². The molecule has 0 aliphatic carbocycles. The van der Waals surface area contributed by atoms with E-state index in [0.29, 0.717) is 5.56 Å². The van der Waals surface area contributed by atoms with Crippen molar-refractivity contribution in [1.82, 2.24) is 0 Å². The highest BCUT2D eigenvalue weighted by atomic mass is 16.7. The summed E-state index contributed by atoms with van der Waals surface area (Å²) in [5, 5.41) is 49.4. The van der Waals surface area contributed by atoms with E-state index in [-0.39, 0.29) is 22.8 Å². The Bertz CT molecular complexity index is 853. The third kappa shape index (κ3) is 4.19. The number of carbonyl (C=O) groups excluding carboxylic acids is 1. The van der Waals surface area contributed by atoms with Crippen LogP contribution < -0.4 is 9.47 Å². The summed E-state index contributed by atoms with van der Waals surface area (Å²) in [7, 11) is 1.31. The van der Waals surface area contributed by atoms with E-state index < -0.39 is 43.1 Å². The predicted molar refractivity (Wildman–Crippen MR) is 98.9 cm³/mol. The molecule has 0 spiro atoms. The highest BCUT2D eigenvalue weighted by Gasteiger charge is 2.45. The van der Waals surface area contributed by atoms with Gasteiger partial charge in [-0.2, -0.15) is 0 Å². The number of ether oxygens (including phenoxy) is 3. The normalized spacial score (nSPS) is 26.7. The Morgan fingerprint density at radius 1 is 1.03 bits per heavy atom. The lowest BCUT2D eigenvalue weighted by Gasteiger charge is -2.39. The van der Waals surface area contributed by atoms with Gasteiger partial charge in [-0.3, -0.25) is 4.79 Å². The fourth-order valence-electron chi connectivity index (χ4n) is 3.08. The van der Waals surface area contributed by atoms with Gasteiger partial charge in [-0.25, -0.2) is 0 Å². The minimum atomic E-state index is -1.68. The first kappa shape index (κ1) is 21.0. The molecule has 1 aliphatic rings. The lowest BCUT2D eigenvalue weighted by Crippen LogP contribution is -2.60. The van der Waals surface area contributed by atoms with Crippen LogP contribution in [0.25, 0.3) is 0 Å². The number of aliphatic hydroxyl groups is 4. The van der Waals surface area contributed by atoms with Gasteiger partial charge in [0.25, 0.3) is 0 Å². The van der Waals surface area contributed by atoms with Crippen molar-refractivity contribution in [2.24, 2.45) is 0 Å². The van der Waals surface area contributed by atoms with Crippen LogP contribution in [0, 0.1) is 0 Å². The molecule has 0 aromatic heterocycles. The molecule has 1 fully saturated rings. The van der Waals surface area contributed by atoms with Crippen molar-refractivity contribution in [2.75, 3.05) is 13.7 Å². The lowest BCUT2D eigenvalue weighted by atomic mass is 9.99. The number of phenols is 1. The largest absolute Gasteiger partial charge is 0.508 e. The molecule has 0 bridgehead atoms. The summed E-state index contributed by atoms with van der Waals surface area (Å²) in [5.41, 5.74) is 0.295. The zero-order valence-electron chi connectivity index (χ0n) is 15.5. The topological polar surface area (TPSA) is 146 Å². The van der Waals surface area contributed by atoms with Crippen LogP contribution in [-0.4, -0.2) is 75.7 Å². The van der Waals surface area contributed by atoms with Gasteiger partial charge < -0.3 is 39.7 Å². The lowest BCUT2D eigenvalue weighted by molar-refractivity contribution is -0.277. The number of ketones is 1. The SMILES string of the molecule is COc1cc(O)cc(OC2OC(CO)C(O)C(O)C2O)c1C(=O)c1ccccc1. The number of methoxy groups -OCH3 is 1. The van der Waals surface area contributed by atoms with Crippen molar-refractivity contribution in [2.45, 2.75) is 30.7 Å². The van der Waals surface area contributed by atoms with E-state index in [2.05, 4.69) is 0 Å². The highest BCUT2D eigenvalue weighted by molar-refractivity contribution is 6.12. The van der Waals surface area contributed by atoms with Crippen LogP contribution >= 0.6 is 0 Å². The van der Waals surface area contributed by atoms with E-state index in [9.17, 15) is 30.3 Å². The van der Waals surface area contributed by atoms with E-state index in [0.717, 1.165) is 6.07 Å². The Morgan fingerprint density at radius 2 is 1.69 bits per heavy atom. The Balaban J connectivity index is 2.00. The molecule has 1 aliphatic heterocycles. The van der Waals surface area contributed by atoms with Crippen molar-refractivity contribution in [1.29, 1.82) is 0 Å². The summed E-state index contributed by atoms with van der Waals surface area (Å²) < 4.78 is 16.1. The van der Waals surface area contributed by atoms with Crippen molar-refractivity contribution in [3.8, 4) is 17.2 Å². The summed E-state index contributed by atoms with van der Waals surface area (Å²) in [5.74, 6) is -0.883. The first-order valence-electron chi connectivity index (χ1n) is 8.85. The van der Waals surface area contributed by atoms with Crippen molar-refractivity contribution in [3.63, 3.8) is 0 Å². The first-order chi connectivity index (χ1) is 13.9. The Morgan fingerprint density at radius 3 is 2.31 bits per heavy atom. The Hall–Kier alpha value is -2.69. The van der Waals surface area contributed by atoms with Crippen molar-refractivity contribution in [3.05, 3.63) is 53.6 Å². The maximum absolute atomic E-state index is 13.0. The van der Waals surface area contributed by atoms with Crippen LogP contribution in [-0.2, 0) is 4.74 Å². The zero-order chi connectivity index (χ0) is 21.1. The second kappa shape index (κ2) is 8.76. The monoisotopic (exact) mass is 406 g/mol. The molecule has 0 amide bonds. The van der Waals surface area contributed by atoms with Crippen LogP contribution in [0.5, 0.6) is 17.2 Å². The van der Waals surface area contributed by atoms with Gasteiger partial charge in [0.15, 0.2) is 0 Å². The summed E-state index contributed by atoms with van der Waals surface area (Å²) in [4.78, 5) is 13.0. The van der Waals surface area contributed by atoms with Gasteiger partial charge in [0, 0.05) is 17.7 Å². The highest BCUT2D eigenvalue weighted by Crippen LogP contribution is 2.37. The fourth-order valence-corrected chi connectivity index (χ4v) is 3.08. The van der Waals surface area contributed by atoms with Crippen LogP contribution in [0.4, 0.5) is 0 Å². The molecule has 1 heterocycles. The third-order valence-electron chi connectivity index (χ3n) is 4.63. The summed E-state index contributed by atoms with van der Waals surface area (Å²) in [6.07, 6.45) is -7.61. The second-order valence-electron chi connectivity index (χ2n) is 6.53. The molecule has 0 saturated carbocycles. The molecule has 2 aromatic carbocycles. The molecule has 1 saturated heterocycles. The molecule has 3 rings (SSSR count). The van der Waals surface area contributed by atoms with Gasteiger partial charge in [0.1, 0.15) is 47.2 Å². The second-order valence-corrected chi connectivity index (χ2v) is 6.53. The Labute approximate surface area is 166 Å². The number of hydrogen-bond donors (Lipinski definition) is 5. The molecule has 5 atom stereocenters. The molecular weight excluding hydrogens is 384 g/mol. The number of rotatable bonds is 6. The molecule has 0 radical (unpaired) electrons. The Kier molecular flexibility index (Phi) is 6.36. The molecule has 5 unspecified atom stereocenters. The summed E-state index contributed by atoms with van der Waals surface area (Å²) in [6.45, 7) is -0.635. The fraction of sp³-hybridized carbons (Fsp3) is 0.350. The predicted octanol–water partition coefficient (Wildman–Crippen LogP) is -0.190. The quantitative estimate of drug-likeness (QED) is 0.412. The van der Waals surface area contributed by atoms with Gasteiger partial charge in [0.2, 0.25) is 12.1 Å². The standard InChI is InChI=1S/C20H22O9/c1-27-12-7-11(22)8-13(15(12)16(23)10-5-3-2-4-6-10)28-20-19(26)18(25)17(24)14(9-21)29-20/h2-8,14,17-22,24-26H,9H2,1H3. The zero-order valence-corrected chi connectivity index (χ0v) is 15.5. The number of benzene rings is 2. The maximum Gasteiger partial charge on any atom is 0.229 e. The minimum absolute atomic E-state index is 0.0263. The number of hydrogen-bond acceptors (Lipinski definition) is 9. The van der Waals surface area contributed by atoms with Crippen LogP contribution in [0.2, 0.25) is 0 Å². The van der Waals surface area contributed by atoms with Gasteiger partial charge in [0.05, 0.1) is 13.7 Å². The third-order valence-corrected chi connectivity index (χ3v) is 4.63. The molecule has 29 heavy (non-hydrogen) atoms. The summed E-state index contributed by atoms with van der Waals surface area (Å²) >= 11 is 0. The molecule has 156 valence electrons. The minimum Gasteiger partial charge on any atom is -0.508 e. The van der Waals surface area contributed by atoms with Crippen LogP contribution in [0.3, 0.4) is 0 Å². The average molecular weight is 406 g/mol. The molecule has 2 aromatic rings. The van der Waals surface area contributed by atoms with Gasteiger partial charge in [-0.05, 0) is 0 Å². The van der Waals surface area contributed by atoms with Gasteiger partial charge in [-0.1, -0.05) is 30.3 Å². The molecule has 5 N–H and O–H groups in total. The van der Waals surface area contributed by atoms with E-state index in [1.807, 2.05) is 0 Å². The summed E-state index contributed by atoms with van der Waals surface area (Å²) in [6, 6.07) is 10.7. The van der Waals surface area contributed by atoms with E-state index in [1.165, 1.54) is 13.2 Å². The maximum atomic E-state index is 13.0. The van der Waals surface area contributed by atoms with Crippen LogP contribution in [0.1, 0.15) is 15.9 Å². The molecular formula is C20H22O9. The first-order valence-corrected chi connectivity index (χ1v) is 8.85. The number of aliphatic hydroxyl groups excluding tert-OH is 4. The van der Waals surface area contributed by atoms with Gasteiger partial charge >= 0.3 is 0 Å². The smallest absolute Gasteiger partial charge is 0.229 e.